The Morgan fingerprint density at radius 2 is 1.95 bits per heavy atom. The maximum Gasteiger partial charge on any atom is 0.224 e. The molecular weight excluding hydrogens is 262 g/mol. The van der Waals surface area contributed by atoms with Gasteiger partial charge in [0.2, 0.25) is 5.95 Å². The van der Waals surface area contributed by atoms with Crippen LogP contribution in [0.2, 0.25) is 0 Å². The first-order chi connectivity index (χ1) is 10.2. The molecule has 0 bridgehead atoms. The smallest absolute Gasteiger partial charge is 0.224 e. The van der Waals surface area contributed by atoms with Crippen molar-refractivity contribution in [1.82, 2.24) is 14.9 Å². The molecule has 0 amide bonds. The fourth-order valence-corrected chi connectivity index (χ4v) is 2.85. The Balaban J connectivity index is 1.59. The van der Waals surface area contributed by atoms with Crippen molar-refractivity contribution in [2.24, 2.45) is 5.92 Å². The van der Waals surface area contributed by atoms with E-state index in [1.54, 1.807) is 0 Å². The summed E-state index contributed by atoms with van der Waals surface area (Å²) in [7, 11) is 0. The van der Waals surface area contributed by atoms with Gasteiger partial charge < -0.3 is 10.2 Å². The quantitative estimate of drug-likeness (QED) is 0.869. The number of nitrogens with zero attached hydrogens (tertiary/aromatic N) is 4. The highest BCUT2D eigenvalue weighted by Gasteiger charge is 2.26. The van der Waals surface area contributed by atoms with E-state index < -0.39 is 0 Å². The maximum atomic E-state index is 4.68. The molecule has 5 heteroatoms. The van der Waals surface area contributed by atoms with Gasteiger partial charge >= 0.3 is 0 Å². The zero-order valence-electron chi connectivity index (χ0n) is 13.3. The van der Waals surface area contributed by atoms with Crippen molar-refractivity contribution in [2.45, 2.75) is 33.1 Å². The van der Waals surface area contributed by atoms with Crippen molar-refractivity contribution < 1.29 is 0 Å². The molecular formula is C16H27N5. The molecule has 1 aromatic rings. The maximum absolute atomic E-state index is 4.68. The van der Waals surface area contributed by atoms with Crippen LogP contribution in [0.25, 0.3) is 0 Å². The van der Waals surface area contributed by atoms with Crippen LogP contribution in [0.4, 0.5) is 11.8 Å². The number of anilines is 2. The van der Waals surface area contributed by atoms with Gasteiger partial charge in [-0.3, -0.25) is 4.90 Å². The van der Waals surface area contributed by atoms with E-state index in [2.05, 4.69) is 38.1 Å². The second-order valence-electron chi connectivity index (χ2n) is 6.35. The standard InChI is InChI=1S/C16H27N5/c1-3-6-17-16-18-13(2)11-15(19-16)21-9-7-20(8-10-21)12-14-4-5-14/h11,14H,3-10,12H2,1-2H3,(H,17,18,19). The summed E-state index contributed by atoms with van der Waals surface area (Å²) in [4.78, 5) is 14.2. The van der Waals surface area contributed by atoms with Gasteiger partial charge in [-0.1, -0.05) is 6.92 Å². The molecule has 1 aromatic heterocycles. The molecule has 1 aliphatic heterocycles. The van der Waals surface area contributed by atoms with E-state index in [1.165, 1.54) is 19.4 Å². The Kier molecular flexibility index (Phi) is 4.58. The molecule has 0 spiro atoms. The highest BCUT2D eigenvalue weighted by Crippen LogP contribution is 2.30. The molecule has 2 fully saturated rings. The van der Waals surface area contributed by atoms with E-state index in [9.17, 15) is 0 Å². The normalized spacial score (nSPS) is 19.8. The Hall–Kier alpha value is -1.36. The van der Waals surface area contributed by atoms with E-state index in [1.807, 2.05) is 6.92 Å². The van der Waals surface area contributed by atoms with Gasteiger partial charge in [0.15, 0.2) is 0 Å². The summed E-state index contributed by atoms with van der Waals surface area (Å²) in [6, 6.07) is 2.10. The van der Waals surface area contributed by atoms with E-state index in [4.69, 9.17) is 0 Å². The second kappa shape index (κ2) is 6.60. The molecule has 5 nitrogen and oxygen atoms in total. The molecule has 1 aliphatic carbocycles. The second-order valence-corrected chi connectivity index (χ2v) is 6.35. The average molecular weight is 289 g/mol. The molecule has 1 saturated carbocycles. The van der Waals surface area contributed by atoms with E-state index in [-0.39, 0.29) is 0 Å². The van der Waals surface area contributed by atoms with Crippen molar-refractivity contribution in [2.75, 3.05) is 49.5 Å². The van der Waals surface area contributed by atoms with Crippen LogP contribution in [0, 0.1) is 12.8 Å². The molecule has 0 radical (unpaired) electrons. The lowest BCUT2D eigenvalue weighted by Gasteiger charge is -2.35. The van der Waals surface area contributed by atoms with Crippen molar-refractivity contribution >= 4 is 11.8 Å². The molecule has 0 unspecified atom stereocenters. The molecule has 116 valence electrons. The fourth-order valence-electron chi connectivity index (χ4n) is 2.85. The zero-order valence-corrected chi connectivity index (χ0v) is 13.3. The highest BCUT2D eigenvalue weighted by atomic mass is 15.3. The number of hydrogen-bond donors (Lipinski definition) is 1. The number of nitrogens with one attached hydrogen (secondary N) is 1. The Morgan fingerprint density at radius 3 is 2.62 bits per heavy atom. The molecule has 2 heterocycles. The molecule has 21 heavy (non-hydrogen) atoms. The monoisotopic (exact) mass is 289 g/mol. The fraction of sp³-hybridized carbons (Fsp3) is 0.750. The summed E-state index contributed by atoms with van der Waals surface area (Å²) in [6.45, 7) is 10.9. The lowest BCUT2D eigenvalue weighted by atomic mass is 10.2. The molecule has 2 aliphatic rings. The summed E-state index contributed by atoms with van der Waals surface area (Å²) >= 11 is 0. The Bertz CT molecular complexity index is 464. The summed E-state index contributed by atoms with van der Waals surface area (Å²) in [6.07, 6.45) is 3.97. The first-order valence-corrected chi connectivity index (χ1v) is 8.31. The first kappa shape index (κ1) is 14.6. The van der Waals surface area contributed by atoms with Crippen LogP contribution < -0.4 is 10.2 Å². The van der Waals surface area contributed by atoms with Gasteiger partial charge in [0, 0.05) is 51.0 Å². The van der Waals surface area contributed by atoms with Crippen molar-refractivity contribution in [3.05, 3.63) is 11.8 Å². The van der Waals surface area contributed by atoms with Gasteiger partial charge in [0.1, 0.15) is 5.82 Å². The van der Waals surface area contributed by atoms with Crippen LogP contribution in [0.5, 0.6) is 0 Å². The third-order valence-corrected chi connectivity index (χ3v) is 4.28. The van der Waals surface area contributed by atoms with Gasteiger partial charge in [-0.05, 0) is 32.1 Å². The minimum Gasteiger partial charge on any atom is -0.354 e. The van der Waals surface area contributed by atoms with Crippen molar-refractivity contribution in [1.29, 1.82) is 0 Å². The Labute approximate surface area is 127 Å². The summed E-state index contributed by atoms with van der Waals surface area (Å²) in [5.74, 6) is 2.84. The van der Waals surface area contributed by atoms with Crippen LogP contribution in [0.3, 0.4) is 0 Å². The third kappa shape index (κ3) is 4.06. The van der Waals surface area contributed by atoms with E-state index in [0.717, 1.165) is 62.5 Å². The highest BCUT2D eigenvalue weighted by molar-refractivity contribution is 5.45. The first-order valence-electron chi connectivity index (χ1n) is 8.31. The van der Waals surface area contributed by atoms with Gasteiger partial charge in [-0.15, -0.1) is 0 Å². The largest absolute Gasteiger partial charge is 0.354 e. The molecule has 0 atom stereocenters. The van der Waals surface area contributed by atoms with Crippen molar-refractivity contribution in [3.8, 4) is 0 Å². The van der Waals surface area contributed by atoms with Gasteiger partial charge in [-0.2, -0.15) is 4.98 Å². The zero-order chi connectivity index (χ0) is 14.7. The van der Waals surface area contributed by atoms with E-state index in [0.29, 0.717) is 0 Å². The van der Waals surface area contributed by atoms with Gasteiger partial charge in [-0.25, -0.2) is 4.98 Å². The lowest BCUT2D eigenvalue weighted by Crippen LogP contribution is -2.47. The molecule has 0 aromatic carbocycles. The lowest BCUT2D eigenvalue weighted by molar-refractivity contribution is 0.247. The molecule has 1 saturated heterocycles. The van der Waals surface area contributed by atoms with Gasteiger partial charge in [0.25, 0.3) is 0 Å². The molecule has 3 rings (SSSR count). The summed E-state index contributed by atoms with van der Waals surface area (Å²) in [5, 5.41) is 3.30. The number of rotatable bonds is 6. The summed E-state index contributed by atoms with van der Waals surface area (Å²) < 4.78 is 0. The number of aryl methyl sites for hydroxylation is 1. The third-order valence-electron chi connectivity index (χ3n) is 4.28. The number of piperazine rings is 1. The minimum atomic E-state index is 0.771. The predicted molar refractivity (Wildman–Crippen MR) is 86.9 cm³/mol. The van der Waals surface area contributed by atoms with Crippen LogP contribution in [0.1, 0.15) is 31.9 Å². The minimum absolute atomic E-state index is 0.771. The molecule has 1 N–H and O–H groups in total. The number of aromatic nitrogens is 2. The Morgan fingerprint density at radius 1 is 1.19 bits per heavy atom. The van der Waals surface area contributed by atoms with Crippen LogP contribution in [0.15, 0.2) is 6.07 Å². The van der Waals surface area contributed by atoms with E-state index >= 15 is 0 Å². The SMILES string of the molecule is CCCNc1nc(C)cc(N2CCN(CC3CC3)CC2)n1. The van der Waals surface area contributed by atoms with Crippen molar-refractivity contribution in [3.63, 3.8) is 0 Å². The van der Waals surface area contributed by atoms with Crippen LogP contribution in [-0.4, -0.2) is 54.1 Å². The number of hydrogen-bond acceptors (Lipinski definition) is 5. The van der Waals surface area contributed by atoms with Crippen LogP contribution in [-0.2, 0) is 0 Å². The average Bonchev–Trinajstić information content (AvgIpc) is 3.29. The topological polar surface area (TPSA) is 44.3 Å². The summed E-state index contributed by atoms with van der Waals surface area (Å²) in [5.41, 5.74) is 1.04. The predicted octanol–water partition coefficient (Wildman–Crippen LogP) is 2.14. The van der Waals surface area contributed by atoms with Crippen LogP contribution >= 0.6 is 0 Å². The van der Waals surface area contributed by atoms with Gasteiger partial charge in [0.05, 0.1) is 0 Å².